The molecular weight excluding hydrogens is 170 g/mol. The van der Waals surface area contributed by atoms with E-state index in [-0.39, 0.29) is 0 Å². The normalized spacial score (nSPS) is 27.9. The lowest BCUT2D eigenvalue weighted by molar-refractivity contribution is 0.373. The number of hydrogen-bond acceptors (Lipinski definition) is 1. The molecule has 1 heteroatoms. The van der Waals surface area contributed by atoms with Gasteiger partial charge in [0.15, 0.2) is 0 Å². The predicted octanol–water partition coefficient (Wildman–Crippen LogP) is 3.22. The van der Waals surface area contributed by atoms with Gasteiger partial charge in [0, 0.05) is 0 Å². The van der Waals surface area contributed by atoms with Crippen molar-refractivity contribution in [1.82, 2.24) is 5.32 Å². The van der Waals surface area contributed by atoms with Crippen molar-refractivity contribution in [2.75, 3.05) is 13.1 Å². The zero-order valence-corrected chi connectivity index (χ0v) is 10.1. The summed E-state index contributed by atoms with van der Waals surface area (Å²) in [5.41, 5.74) is 1.58. The Labute approximate surface area is 89.0 Å². The quantitative estimate of drug-likeness (QED) is 0.679. The van der Waals surface area contributed by atoms with Crippen molar-refractivity contribution in [3.05, 3.63) is 11.6 Å². The Morgan fingerprint density at radius 2 is 2.21 bits per heavy atom. The van der Waals surface area contributed by atoms with Crippen LogP contribution >= 0.6 is 0 Å². The van der Waals surface area contributed by atoms with Gasteiger partial charge in [0.1, 0.15) is 0 Å². The van der Waals surface area contributed by atoms with Crippen LogP contribution in [0.3, 0.4) is 0 Å². The molecule has 0 saturated heterocycles. The molecule has 2 atom stereocenters. The first-order valence-corrected chi connectivity index (χ1v) is 5.96. The SMILES string of the molecule is CC1=CC(C)CC(CNCC(C)C)C1. The molecule has 0 aromatic rings. The first-order valence-electron chi connectivity index (χ1n) is 5.96. The molecule has 1 aliphatic rings. The van der Waals surface area contributed by atoms with Crippen LogP contribution in [0.1, 0.15) is 40.5 Å². The highest BCUT2D eigenvalue weighted by Crippen LogP contribution is 2.27. The Morgan fingerprint density at radius 1 is 1.50 bits per heavy atom. The molecule has 0 heterocycles. The van der Waals surface area contributed by atoms with Crippen molar-refractivity contribution in [2.45, 2.75) is 40.5 Å². The van der Waals surface area contributed by atoms with Gasteiger partial charge in [0.25, 0.3) is 0 Å². The van der Waals surface area contributed by atoms with Crippen LogP contribution in [-0.2, 0) is 0 Å². The first-order chi connectivity index (χ1) is 6.58. The molecule has 0 bridgehead atoms. The smallest absolute Gasteiger partial charge is 0.00171 e. The highest BCUT2D eigenvalue weighted by atomic mass is 14.9. The second kappa shape index (κ2) is 5.55. The fourth-order valence-corrected chi connectivity index (χ4v) is 2.42. The van der Waals surface area contributed by atoms with E-state index in [1.165, 1.54) is 19.4 Å². The molecule has 1 aliphatic carbocycles. The van der Waals surface area contributed by atoms with Gasteiger partial charge in [-0.2, -0.15) is 0 Å². The highest BCUT2D eigenvalue weighted by Gasteiger charge is 2.17. The van der Waals surface area contributed by atoms with E-state index in [2.05, 4.69) is 39.1 Å². The summed E-state index contributed by atoms with van der Waals surface area (Å²) >= 11 is 0. The molecule has 0 saturated carbocycles. The van der Waals surface area contributed by atoms with E-state index in [1.807, 2.05) is 0 Å². The van der Waals surface area contributed by atoms with E-state index in [1.54, 1.807) is 5.57 Å². The monoisotopic (exact) mass is 195 g/mol. The molecule has 2 unspecified atom stereocenters. The first kappa shape index (κ1) is 11.8. The molecule has 1 rings (SSSR count). The third-order valence-electron chi connectivity index (χ3n) is 2.87. The van der Waals surface area contributed by atoms with E-state index in [0.29, 0.717) is 0 Å². The number of allylic oxidation sites excluding steroid dienone is 2. The van der Waals surface area contributed by atoms with Crippen LogP contribution in [0.2, 0.25) is 0 Å². The van der Waals surface area contributed by atoms with Crippen LogP contribution in [0.5, 0.6) is 0 Å². The van der Waals surface area contributed by atoms with E-state index < -0.39 is 0 Å². The van der Waals surface area contributed by atoms with Crippen LogP contribution in [0.15, 0.2) is 11.6 Å². The lowest BCUT2D eigenvalue weighted by Crippen LogP contribution is -2.28. The lowest BCUT2D eigenvalue weighted by Gasteiger charge is -2.26. The number of nitrogens with one attached hydrogen (secondary N) is 1. The molecule has 82 valence electrons. The molecule has 0 aromatic heterocycles. The van der Waals surface area contributed by atoms with Crippen molar-refractivity contribution < 1.29 is 0 Å². The molecule has 0 fully saturated rings. The van der Waals surface area contributed by atoms with Gasteiger partial charge in [-0.25, -0.2) is 0 Å². The molecule has 0 spiro atoms. The topological polar surface area (TPSA) is 12.0 Å². The van der Waals surface area contributed by atoms with Gasteiger partial charge in [-0.05, 0) is 50.6 Å². The highest BCUT2D eigenvalue weighted by molar-refractivity contribution is 5.06. The summed E-state index contributed by atoms with van der Waals surface area (Å²) in [7, 11) is 0. The van der Waals surface area contributed by atoms with E-state index >= 15 is 0 Å². The van der Waals surface area contributed by atoms with Crippen molar-refractivity contribution in [3.8, 4) is 0 Å². The fraction of sp³-hybridized carbons (Fsp3) is 0.846. The van der Waals surface area contributed by atoms with Crippen LogP contribution < -0.4 is 5.32 Å². The van der Waals surface area contributed by atoms with Crippen molar-refractivity contribution in [2.24, 2.45) is 17.8 Å². The van der Waals surface area contributed by atoms with E-state index in [4.69, 9.17) is 0 Å². The van der Waals surface area contributed by atoms with Crippen LogP contribution in [0, 0.1) is 17.8 Å². The second-order valence-electron chi connectivity index (χ2n) is 5.35. The molecule has 14 heavy (non-hydrogen) atoms. The maximum absolute atomic E-state index is 3.57. The maximum atomic E-state index is 3.57. The average Bonchev–Trinajstić information content (AvgIpc) is 2.01. The third-order valence-corrected chi connectivity index (χ3v) is 2.87. The Bertz CT molecular complexity index is 193. The molecule has 0 aliphatic heterocycles. The maximum Gasteiger partial charge on any atom is -0.00171 e. The molecular formula is C13H25N. The third kappa shape index (κ3) is 4.28. The van der Waals surface area contributed by atoms with Gasteiger partial charge in [0.2, 0.25) is 0 Å². The van der Waals surface area contributed by atoms with E-state index in [9.17, 15) is 0 Å². The molecule has 1 N–H and O–H groups in total. The summed E-state index contributed by atoms with van der Waals surface area (Å²) in [6.45, 7) is 11.5. The predicted molar refractivity (Wildman–Crippen MR) is 63.4 cm³/mol. The summed E-state index contributed by atoms with van der Waals surface area (Å²) in [5.74, 6) is 2.43. The lowest BCUT2D eigenvalue weighted by atomic mass is 9.84. The summed E-state index contributed by atoms with van der Waals surface area (Å²) in [6, 6.07) is 0. The van der Waals surface area contributed by atoms with Crippen molar-refractivity contribution in [3.63, 3.8) is 0 Å². The summed E-state index contributed by atoms with van der Waals surface area (Å²) < 4.78 is 0. The van der Waals surface area contributed by atoms with Crippen LogP contribution in [-0.4, -0.2) is 13.1 Å². The standard InChI is InChI=1S/C13H25N/c1-10(2)8-14-9-13-6-11(3)5-12(4)7-13/h5,10-11,13-14H,6-9H2,1-4H3. The minimum absolute atomic E-state index is 0.771. The Kier molecular flexibility index (Phi) is 4.67. The van der Waals surface area contributed by atoms with Gasteiger partial charge in [-0.15, -0.1) is 0 Å². The second-order valence-corrected chi connectivity index (χ2v) is 5.35. The number of hydrogen-bond donors (Lipinski definition) is 1. The minimum atomic E-state index is 0.771. The van der Waals surface area contributed by atoms with Gasteiger partial charge in [0.05, 0.1) is 0 Å². The largest absolute Gasteiger partial charge is 0.316 e. The molecule has 1 nitrogen and oxygen atoms in total. The van der Waals surface area contributed by atoms with Gasteiger partial charge in [-0.1, -0.05) is 32.4 Å². The molecule has 0 amide bonds. The Morgan fingerprint density at radius 3 is 2.79 bits per heavy atom. The number of rotatable bonds is 4. The van der Waals surface area contributed by atoms with Crippen molar-refractivity contribution >= 4 is 0 Å². The zero-order valence-electron chi connectivity index (χ0n) is 10.1. The summed E-state index contributed by atoms with van der Waals surface area (Å²) in [5, 5.41) is 3.57. The van der Waals surface area contributed by atoms with Crippen molar-refractivity contribution in [1.29, 1.82) is 0 Å². The zero-order chi connectivity index (χ0) is 10.6. The van der Waals surface area contributed by atoms with Crippen LogP contribution in [0.4, 0.5) is 0 Å². The minimum Gasteiger partial charge on any atom is -0.316 e. The molecule has 0 radical (unpaired) electrons. The van der Waals surface area contributed by atoms with E-state index in [0.717, 1.165) is 24.3 Å². The van der Waals surface area contributed by atoms with Gasteiger partial charge < -0.3 is 5.32 Å². The molecule has 0 aromatic carbocycles. The average molecular weight is 195 g/mol. The van der Waals surface area contributed by atoms with Gasteiger partial charge in [-0.3, -0.25) is 0 Å². The summed E-state index contributed by atoms with van der Waals surface area (Å²) in [6.07, 6.45) is 5.09. The fourth-order valence-electron chi connectivity index (χ4n) is 2.42. The van der Waals surface area contributed by atoms with Gasteiger partial charge >= 0.3 is 0 Å². The Balaban J connectivity index is 2.23. The Hall–Kier alpha value is -0.300. The summed E-state index contributed by atoms with van der Waals surface area (Å²) in [4.78, 5) is 0. The van der Waals surface area contributed by atoms with Crippen LogP contribution in [0.25, 0.3) is 0 Å².